The van der Waals surface area contributed by atoms with Gasteiger partial charge < -0.3 is 14.5 Å². The van der Waals surface area contributed by atoms with E-state index in [-0.39, 0.29) is 11.7 Å². The van der Waals surface area contributed by atoms with Gasteiger partial charge >= 0.3 is 0 Å². The maximum Gasteiger partial charge on any atom is 0.253 e. The van der Waals surface area contributed by atoms with Gasteiger partial charge in [-0.15, -0.1) is 0 Å². The van der Waals surface area contributed by atoms with Crippen LogP contribution in [0.1, 0.15) is 23.2 Å². The van der Waals surface area contributed by atoms with Crippen LogP contribution in [-0.2, 0) is 0 Å². The number of rotatable bonds is 4. The van der Waals surface area contributed by atoms with Gasteiger partial charge in [0.05, 0.1) is 12.8 Å². The minimum absolute atomic E-state index is 0.00218. The molecule has 2 aliphatic heterocycles. The molecule has 2 aromatic carbocycles. The van der Waals surface area contributed by atoms with Crippen LogP contribution >= 0.6 is 0 Å². The summed E-state index contributed by atoms with van der Waals surface area (Å²) in [6, 6.07) is 14.4. The molecule has 0 radical (unpaired) electrons. The molecule has 2 fully saturated rings. The van der Waals surface area contributed by atoms with Gasteiger partial charge in [-0.3, -0.25) is 9.69 Å². The standard InChI is InChI=1S/C23H28FN3O2/c1-29-22-7-3-2-6-21(22)26-15-13-25(14-16-26)20-5-4-12-27(17-20)23(28)18-8-10-19(24)11-9-18/h2-3,6-11,20H,4-5,12-17H2,1H3. The van der Waals surface area contributed by atoms with Crippen molar-refractivity contribution in [3.63, 3.8) is 0 Å². The van der Waals surface area contributed by atoms with E-state index in [1.165, 1.54) is 12.1 Å². The molecule has 1 atom stereocenters. The zero-order valence-electron chi connectivity index (χ0n) is 16.9. The summed E-state index contributed by atoms with van der Waals surface area (Å²) in [6.07, 6.45) is 2.12. The molecule has 0 bridgehead atoms. The Bertz CT molecular complexity index is 834. The molecule has 0 aromatic heterocycles. The predicted octanol–water partition coefficient (Wildman–Crippen LogP) is 3.26. The fourth-order valence-electron chi connectivity index (χ4n) is 4.43. The molecule has 0 N–H and O–H groups in total. The number of amides is 1. The van der Waals surface area contributed by atoms with Gasteiger partial charge in [-0.25, -0.2) is 4.39 Å². The van der Waals surface area contributed by atoms with Crippen LogP contribution in [0.25, 0.3) is 0 Å². The number of benzene rings is 2. The van der Waals surface area contributed by atoms with E-state index < -0.39 is 0 Å². The molecule has 2 saturated heterocycles. The molecule has 0 spiro atoms. The van der Waals surface area contributed by atoms with Crippen molar-refractivity contribution in [2.45, 2.75) is 18.9 Å². The lowest BCUT2D eigenvalue weighted by atomic mass is 10.0. The first kappa shape index (κ1) is 19.7. The van der Waals surface area contributed by atoms with Crippen LogP contribution in [0, 0.1) is 5.82 Å². The third-order valence-electron chi connectivity index (χ3n) is 6.03. The molecule has 154 valence electrons. The van der Waals surface area contributed by atoms with Crippen LogP contribution in [0.2, 0.25) is 0 Å². The highest BCUT2D eigenvalue weighted by Crippen LogP contribution is 2.29. The van der Waals surface area contributed by atoms with Gasteiger partial charge in [0.2, 0.25) is 0 Å². The van der Waals surface area contributed by atoms with E-state index in [0.717, 1.165) is 63.5 Å². The van der Waals surface area contributed by atoms with Crippen LogP contribution in [0.3, 0.4) is 0 Å². The number of ether oxygens (including phenoxy) is 1. The topological polar surface area (TPSA) is 36.0 Å². The van der Waals surface area contributed by atoms with Crippen molar-refractivity contribution in [2.75, 3.05) is 51.3 Å². The smallest absolute Gasteiger partial charge is 0.253 e. The summed E-state index contributed by atoms with van der Waals surface area (Å²) in [4.78, 5) is 19.6. The van der Waals surface area contributed by atoms with E-state index in [2.05, 4.69) is 15.9 Å². The van der Waals surface area contributed by atoms with Gasteiger partial charge in [0.1, 0.15) is 11.6 Å². The summed E-state index contributed by atoms with van der Waals surface area (Å²) in [5.74, 6) is 0.600. The normalized spacial score (nSPS) is 20.6. The summed E-state index contributed by atoms with van der Waals surface area (Å²) >= 11 is 0. The van der Waals surface area contributed by atoms with Crippen LogP contribution < -0.4 is 9.64 Å². The average molecular weight is 397 g/mol. The molecule has 0 saturated carbocycles. The van der Waals surface area contributed by atoms with Gasteiger partial charge in [0, 0.05) is 50.9 Å². The number of carbonyl (C=O) groups is 1. The average Bonchev–Trinajstić information content (AvgIpc) is 2.79. The fraction of sp³-hybridized carbons (Fsp3) is 0.435. The number of piperidine rings is 1. The summed E-state index contributed by atoms with van der Waals surface area (Å²) < 4.78 is 18.7. The number of carbonyl (C=O) groups excluding carboxylic acids is 1. The van der Waals surface area contributed by atoms with Crippen molar-refractivity contribution < 1.29 is 13.9 Å². The van der Waals surface area contributed by atoms with Gasteiger partial charge in [0.15, 0.2) is 0 Å². The molecule has 0 aliphatic carbocycles. The molecule has 2 aromatic rings. The predicted molar refractivity (Wildman–Crippen MR) is 112 cm³/mol. The molecule has 29 heavy (non-hydrogen) atoms. The third kappa shape index (κ3) is 4.37. The second-order valence-corrected chi connectivity index (χ2v) is 7.75. The molecule has 6 heteroatoms. The molecular formula is C23H28FN3O2. The highest BCUT2D eigenvalue weighted by atomic mass is 19.1. The SMILES string of the molecule is COc1ccccc1N1CCN(C2CCCN(C(=O)c3ccc(F)cc3)C2)CC1. The highest BCUT2D eigenvalue weighted by Gasteiger charge is 2.30. The van der Waals surface area contributed by atoms with E-state index in [1.807, 2.05) is 23.1 Å². The van der Waals surface area contributed by atoms with Crippen LogP contribution in [0.15, 0.2) is 48.5 Å². The van der Waals surface area contributed by atoms with Gasteiger partial charge in [-0.2, -0.15) is 0 Å². The Balaban J connectivity index is 1.36. The number of likely N-dealkylation sites (tertiary alicyclic amines) is 1. The van der Waals surface area contributed by atoms with E-state index in [1.54, 1.807) is 19.2 Å². The Morgan fingerprint density at radius 1 is 1.00 bits per heavy atom. The largest absolute Gasteiger partial charge is 0.495 e. The number of nitrogens with zero attached hydrogens (tertiary/aromatic N) is 3. The Morgan fingerprint density at radius 3 is 2.45 bits per heavy atom. The number of hydrogen-bond donors (Lipinski definition) is 0. The van der Waals surface area contributed by atoms with E-state index >= 15 is 0 Å². The van der Waals surface area contributed by atoms with E-state index in [4.69, 9.17) is 4.74 Å². The Kier molecular flexibility index (Phi) is 6.00. The van der Waals surface area contributed by atoms with Gasteiger partial charge in [-0.05, 0) is 49.2 Å². The second-order valence-electron chi connectivity index (χ2n) is 7.75. The van der Waals surface area contributed by atoms with E-state index in [9.17, 15) is 9.18 Å². The molecule has 4 rings (SSSR count). The van der Waals surface area contributed by atoms with Crippen molar-refractivity contribution in [1.29, 1.82) is 0 Å². The van der Waals surface area contributed by atoms with Crippen molar-refractivity contribution in [3.8, 4) is 5.75 Å². The number of para-hydroxylation sites is 2. The molecular weight excluding hydrogens is 369 g/mol. The summed E-state index contributed by atoms with van der Waals surface area (Å²) in [6.45, 7) is 5.35. The lowest BCUT2D eigenvalue weighted by Crippen LogP contribution is -2.55. The van der Waals surface area contributed by atoms with Crippen LogP contribution in [0.4, 0.5) is 10.1 Å². The van der Waals surface area contributed by atoms with Crippen molar-refractivity contribution in [1.82, 2.24) is 9.80 Å². The zero-order valence-corrected chi connectivity index (χ0v) is 16.9. The Morgan fingerprint density at radius 2 is 1.72 bits per heavy atom. The molecule has 1 unspecified atom stereocenters. The molecule has 2 heterocycles. The summed E-state index contributed by atoms with van der Waals surface area (Å²) in [5.41, 5.74) is 1.71. The Labute approximate surface area is 171 Å². The number of anilines is 1. The quantitative estimate of drug-likeness (QED) is 0.794. The van der Waals surface area contributed by atoms with Crippen molar-refractivity contribution >= 4 is 11.6 Å². The Hall–Kier alpha value is -2.60. The maximum atomic E-state index is 13.2. The first-order chi connectivity index (χ1) is 14.2. The lowest BCUT2D eigenvalue weighted by Gasteiger charge is -2.44. The zero-order chi connectivity index (χ0) is 20.2. The minimum atomic E-state index is -0.314. The number of methoxy groups -OCH3 is 1. The minimum Gasteiger partial charge on any atom is -0.495 e. The van der Waals surface area contributed by atoms with E-state index in [0.29, 0.717) is 11.6 Å². The number of piperazine rings is 1. The molecule has 5 nitrogen and oxygen atoms in total. The maximum absolute atomic E-state index is 13.2. The van der Waals surface area contributed by atoms with Gasteiger partial charge in [-0.1, -0.05) is 12.1 Å². The monoisotopic (exact) mass is 397 g/mol. The van der Waals surface area contributed by atoms with Crippen LogP contribution in [-0.4, -0.2) is 68.1 Å². The van der Waals surface area contributed by atoms with Crippen LogP contribution in [0.5, 0.6) is 5.75 Å². The summed E-state index contributed by atoms with van der Waals surface area (Å²) in [7, 11) is 1.71. The fourth-order valence-corrected chi connectivity index (χ4v) is 4.43. The van der Waals surface area contributed by atoms with Crippen molar-refractivity contribution in [2.24, 2.45) is 0 Å². The summed E-state index contributed by atoms with van der Waals surface area (Å²) in [5, 5.41) is 0. The number of halogens is 1. The molecule has 1 amide bonds. The molecule has 2 aliphatic rings. The second kappa shape index (κ2) is 8.82. The van der Waals surface area contributed by atoms with Crippen molar-refractivity contribution in [3.05, 3.63) is 59.9 Å². The first-order valence-corrected chi connectivity index (χ1v) is 10.3. The number of hydrogen-bond acceptors (Lipinski definition) is 4. The first-order valence-electron chi connectivity index (χ1n) is 10.3. The lowest BCUT2D eigenvalue weighted by molar-refractivity contribution is 0.0563. The highest BCUT2D eigenvalue weighted by molar-refractivity contribution is 5.94. The third-order valence-corrected chi connectivity index (χ3v) is 6.03. The van der Waals surface area contributed by atoms with Gasteiger partial charge in [0.25, 0.3) is 5.91 Å².